The van der Waals surface area contributed by atoms with Gasteiger partial charge in [0.25, 0.3) is 0 Å². The van der Waals surface area contributed by atoms with E-state index in [1.165, 1.54) is 12.1 Å². The van der Waals surface area contributed by atoms with Gasteiger partial charge in [0.15, 0.2) is 11.8 Å². The fourth-order valence-electron chi connectivity index (χ4n) is 4.56. The summed E-state index contributed by atoms with van der Waals surface area (Å²) in [5, 5.41) is 33.3. The van der Waals surface area contributed by atoms with E-state index < -0.39 is 40.3 Å². The van der Waals surface area contributed by atoms with Gasteiger partial charge in [-0.25, -0.2) is 13.1 Å². The van der Waals surface area contributed by atoms with Crippen LogP contribution in [0.15, 0.2) is 29.2 Å². The number of benzene rings is 1. The van der Waals surface area contributed by atoms with E-state index in [2.05, 4.69) is 30.9 Å². The molecule has 2 fully saturated rings. The number of hydrogen-bond donors (Lipinski definition) is 6. The summed E-state index contributed by atoms with van der Waals surface area (Å²) in [7, 11) is -4.25. The van der Waals surface area contributed by atoms with Crippen molar-refractivity contribution in [2.24, 2.45) is 11.7 Å². The second-order valence-corrected chi connectivity index (χ2v) is 11.9. The van der Waals surface area contributed by atoms with E-state index in [4.69, 9.17) is 16.2 Å². The molecule has 4 rings (SSSR count). The van der Waals surface area contributed by atoms with E-state index in [0.29, 0.717) is 24.5 Å². The number of carbonyl (C=O) groups is 3. The highest BCUT2D eigenvalue weighted by atomic mass is 32.2. The highest BCUT2D eigenvalue weighted by Crippen LogP contribution is 2.36. The van der Waals surface area contributed by atoms with Gasteiger partial charge in [0.2, 0.25) is 21.8 Å². The Morgan fingerprint density at radius 3 is 2.54 bits per heavy atom. The molecule has 17 heteroatoms. The minimum atomic E-state index is -4.25. The lowest BCUT2D eigenvalue weighted by Gasteiger charge is -2.33. The summed E-state index contributed by atoms with van der Waals surface area (Å²) < 4.78 is 30.4. The zero-order valence-electron chi connectivity index (χ0n) is 22.3. The topological polar surface area (TPSA) is 238 Å². The van der Waals surface area contributed by atoms with Crippen molar-refractivity contribution in [1.29, 1.82) is 5.41 Å². The Balaban J connectivity index is 1.41. The largest absolute Gasteiger partial charge is 0.481 e. The molecule has 1 aromatic carbocycles. The van der Waals surface area contributed by atoms with Crippen LogP contribution < -0.4 is 21.1 Å². The quantitative estimate of drug-likeness (QED) is 0.122. The molecule has 2 aliphatic rings. The number of nitrogens with zero attached hydrogens (tertiary/aromatic N) is 5. The number of rotatable bonds is 13. The summed E-state index contributed by atoms with van der Waals surface area (Å²) in [6.45, 7) is 1.20. The fraction of sp³-hybridized carbons (Fsp3) is 0.542. The Bertz CT molecular complexity index is 1380. The maximum absolute atomic E-state index is 13.2. The first kappa shape index (κ1) is 29.9. The van der Waals surface area contributed by atoms with E-state index >= 15 is 0 Å². The molecule has 1 aliphatic carbocycles. The van der Waals surface area contributed by atoms with E-state index in [9.17, 15) is 22.8 Å². The van der Waals surface area contributed by atoms with E-state index in [1.54, 1.807) is 21.7 Å². The van der Waals surface area contributed by atoms with Gasteiger partial charge >= 0.3 is 5.97 Å². The second-order valence-electron chi connectivity index (χ2n) is 10.2. The van der Waals surface area contributed by atoms with Crippen LogP contribution in [0.5, 0.6) is 0 Å². The van der Waals surface area contributed by atoms with Crippen LogP contribution in [-0.2, 0) is 24.4 Å². The predicted octanol–water partition coefficient (Wildman–Crippen LogP) is -0.975. The Kier molecular flexibility index (Phi) is 9.49. The highest BCUT2D eigenvalue weighted by molar-refractivity contribution is 7.89. The van der Waals surface area contributed by atoms with Gasteiger partial charge in [-0.05, 0) is 66.3 Å². The van der Waals surface area contributed by atoms with Crippen molar-refractivity contribution < 1.29 is 27.9 Å². The van der Waals surface area contributed by atoms with Crippen LogP contribution >= 0.6 is 0 Å². The van der Waals surface area contributed by atoms with E-state index in [1.807, 2.05) is 0 Å². The number of carboxylic acids is 1. The summed E-state index contributed by atoms with van der Waals surface area (Å²) in [5.41, 5.74) is 6.19. The number of piperidine rings is 1. The Hall–Kier alpha value is -4.12. The Labute approximate surface area is 236 Å². The molecule has 2 amide bonds. The normalized spacial score (nSPS) is 18.0. The van der Waals surface area contributed by atoms with Crippen LogP contribution in [0.4, 0.5) is 0 Å². The van der Waals surface area contributed by atoms with Gasteiger partial charge in [0.1, 0.15) is 6.04 Å². The van der Waals surface area contributed by atoms with Gasteiger partial charge in [-0.15, -0.1) is 5.10 Å². The molecule has 1 saturated carbocycles. The number of carboxylic acid groups (broad SMARTS) is 1. The molecule has 2 heterocycles. The van der Waals surface area contributed by atoms with Crippen LogP contribution in [0.3, 0.4) is 0 Å². The number of sulfonamides is 1. The van der Waals surface area contributed by atoms with Gasteiger partial charge in [-0.2, -0.15) is 4.72 Å². The van der Waals surface area contributed by atoms with Crippen molar-refractivity contribution in [2.45, 2.75) is 55.5 Å². The number of likely N-dealkylation sites (tertiary alicyclic amines) is 1. The molecule has 41 heavy (non-hydrogen) atoms. The van der Waals surface area contributed by atoms with Crippen molar-refractivity contribution in [2.75, 3.05) is 26.2 Å². The minimum Gasteiger partial charge on any atom is -0.481 e. The molecule has 1 saturated heterocycles. The summed E-state index contributed by atoms with van der Waals surface area (Å²) in [5.74, 6) is -2.02. The van der Waals surface area contributed by atoms with Crippen LogP contribution in [0.25, 0.3) is 11.4 Å². The molecular weight excluding hydrogens is 556 g/mol. The lowest BCUT2D eigenvalue weighted by molar-refractivity contribution is -0.137. The molecule has 7 N–H and O–H groups in total. The van der Waals surface area contributed by atoms with Crippen molar-refractivity contribution in [1.82, 2.24) is 40.5 Å². The number of nitrogens with one attached hydrogen (secondary N) is 4. The number of hydrogen-bond acceptors (Lipinski definition) is 9. The smallest absolute Gasteiger partial charge is 0.305 e. The predicted molar refractivity (Wildman–Crippen MR) is 145 cm³/mol. The van der Waals surface area contributed by atoms with Crippen LogP contribution in [0, 0.1) is 11.3 Å². The third-order valence-electron chi connectivity index (χ3n) is 6.90. The van der Waals surface area contributed by atoms with Crippen molar-refractivity contribution in [3.63, 3.8) is 0 Å². The zero-order valence-corrected chi connectivity index (χ0v) is 23.1. The molecule has 0 spiro atoms. The standard InChI is InChI=1S/C24H34N10O6S/c25-24(26)33-11-1-2-15(14-33)13-28-20(35)12-19(23(38)27-10-9-21(36)37)30-41(39,40)18-7-3-16(4-8-18)22-29-31-32-34(22)17-5-6-17/h3-4,7-8,15,17,19,30H,1-2,5-6,9-14H2,(H3,25,26)(H,27,38)(H,28,35)(H,36,37)/t15-,19-/m0/s1. The first-order chi connectivity index (χ1) is 19.5. The van der Waals surface area contributed by atoms with Gasteiger partial charge in [0, 0.05) is 31.7 Å². The molecule has 0 unspecified atom stereocenters. The first-order valence-electron chi connectivity index (χ1n) is 13.3. The highest BCUT2D eigenvalue weighted by Gasteiger charge is 2.30. The molecule has 0 radical (unpaired) electrons. The summed E-state index contributed by atoms with van der Waals surface area (Å²) >= 11 is 0. The maximum atomic E-state index is 13.2. The average Bonchev–Trinajstić information content (AvgIpc) is 3.67. The Morgan fingerprint density at radius 1 is 1.15 bits per heavy atom. The van der Waals surface area contributed by atoms with E-state index in [0.717, 1.165) is 25.7 Å². The lowest BCUT2D eigenvalue weighted by Crippen LogP contribution is -2.50. The zero-order chi connectivity index (χ0) is 29.6. The van der Waals surface area contributed by atoms with Gasteiger partial charge in [0.05, 0.1) is 23.8 Å². The van der Waals surface area contributed by atoms with E-state index in [-0.39, 0.29) is 42.3 Å². The number of guanidine groups is 1. The van der Waals surface area contributed by atoms with Gasteiger partial charge in [-0.1, -0.05) is 0 Å². The van der Waals surface area contributed by atoms with Crippen molar-refractivity contribution in [3.8, 4) is 11.4 Å². The SMILES string of the molecule is N=C(N)N1CCC[C@@H](CNC(=O)C[C@H](NS(=O)(=O)c2ccc(-c3nnnn3C3CC3)cc2)C(=O)NCCC(=O)O)C1. The molecular formula is C24H34N10O6S. The number of aliphatic carboxylic acids is 1. The number of aromatic nitrogens is 4. The second kappa shape index (κ2) is 13.0. The van der Waals surface area contributed by atoms with Crippen molar-refractivity contribution >= 4 is 33.8 Å². The van der Waals surface area contributed by atoms with Crippen LogP contribution in [0.1, 0.15) is 44.6 Å². The number of tetrazole rings is 1. The molecule has 222 valence electrons. The third kappa shape index (κ3) is 8.20. The Morgan fingerprint density at radius 2 is 1.88 bits per heavy atom. The first-order valence-corrected chi connectivity index (χ1v) is 14.8. The summed E-state index contributed by atoms with van der Waals surface area (Å²) in [6.07, 6.45) is 2.69. The van der Waals surface area contributed by atoms with Crippen LogP contribution in [-0.4, -0.2) is 94.6 Å². The third-order valence-corrected chi connectivity index (χ3v) is 8.39. The van der Waals surface area contributed by atoms with Gasteiger partial charge in [-0.3, -0.25) is 19.8 Å². The van der Waals surface area contributed by atoms with Gasteiger partial charge < -0.3 is 26.4 Å². The molecule has 16 nitrogen and oxygen atoms in total. The fourth-order valence-corrected chi connectivity index (χ4v) is 5.75. The number of carbonyl (C=O) groups excluding carboxylic acids is 2. The molecule has 0 bridgehead atoms. The minimum absolute atomic E-state index is 0.0376. The lowest BCUT2D eigenvalue weighted by atomic mass is 9.98. The molecule has 2 aromatic rings. The van der Waals surface area contributed by atoms with Crippen LogP contribution in [0.2, 0.25) is 0 Å². The average molecular weight is 591 g/mol. The number of nitrogens with two attached hydrogens (primary N) is 1. The summed E-state index contributed by atoms with van der Waals surface area (Å²) in [4.78, 5) is 38.0. The summed E-state index contributed by atoms with van der Waals surface area (Å²) in [6, 6.07) is 4.56. The van der Waals surface area contributed by atoms with Crippen molar-refractivity contribution in [3.05, 3.63) is 24.3 Å². The molecule has 1 aliphatic heterocycles. The molecule has 2 atom stereocenters. The molecule has 1 aromatic heterocycles. The monoisotopic (exact) mass is 590 g/mol. The maximum Gasteiger partial charge on any atom is 0.305 e. The number of amides is 2.